The molecule has 0 bridgehead atoms. The van der Waals surface area contributed by atoms with Gasteiger partial charge in [-0.15, -0.1) is 11.3 Å². The van der Waals surface area contributed by atoms with Gasteiger partial charge in [0.25, 0.3) is 5.91 Å². The first kappa shape index (κ1) is 10.3. The maximum atomic E-state index is 11.7. The third-order valence-electron chi connectivity index (χ3n) is 1.74. The number of hydrogen-bond acceptors (Lipinski definition) is 3. The summed E-state index contributed by atoms with van der Waals surface area (Å²) in [5.74, 6) is -0.147. The lowest BCUT2D eigenvalue weighted by molar-refractivity contribution is 0.102. The van der Waals surface area contributed by atoms with Crippen molar-refractivity contribution in [3.05, 3.63) is 45.9 Å². The molecule has 0 aliphatic carbocycles. The molecule has 0 fully saturated rings. The zero-order valence-corrected chi connectivity index (χ0v) is 10.0. The smallest absolute Gasteiger partial charge is 0.257 e. The second kappa shape index (κ2) is 4.55. The molecular formula is C10H7BrN2OS. The van der Waals surface area contributed by atoms with Crippen molar-refractivity contribution in [3.63, 3.8) is 0 Å². The molecule has 0 atom stereocenters. The third-order valence-corrected chi connectivity index (χ3v) is 2.92. The molecule has 3 nitrogen and oxygen atoms in total. The minimum absolute atomic E-state index is 0.147. The normalized spacial score (nSPS) is 9.93. The first-order valence-electron chi connectivity index (χ1n) is 4.22. The fourth-order valence-electron chi connectivity index (χ4n) is 1.08. The number of carbonyl (C=O) groups is 1. The molecule has 76 valence electrons. The number of anilines is 1. The second-order valence-electron chi connectivity index (χ2n) is 2.80. The van der Waals surface area contributed by atoms with Crippen LogP contribution in [0.2, 0.25) is 0 Å². The van der Waals surface area contributed by atoms with Gasteiger partial charge < -0.3 is 0 Å². The summed E-state index contributed by atoms with van der Waals surface area (Å²) in [7, 11) is 0. The molecule has 0 aliphatic heterocycles. The Kier molecular flexibility index (Phi) is 3.13. The number of halogens is 1. The fraction of sp³-hybridized carbons (Fsp3) is 0. The molecule has 0 saturated heterocycles. The van der Waals surface area contributed by atoms with E-state index in [9.17, 15) is 4.79 Å². The SMILES string of the molecule is O=C(Nc1nccs1)c1cccc(Br)c1. The Morgan fingerprint density at radius 2 is 2.33 bits per heavy atom. The van der Waals surface area contributed by atoms with Gasteiger partial charge >= 0.3 is 0 Å². The van der Waals surface area contributed by atoms with Crippen molar-refractivity contribution < 1.29 is 4.79 Å². The highest BCUT2D eigenvalue weighted by molar-refractivity contribution is 9.10. The number of nitrogens with zero attached hydrogens (tertiary/aromatic N) is 1. The molecule has 1 N–H and O–H groups in total. The van der Waals surface area contributed by atoms with E-state index >= 15 is 0 Å². The highest BCUT2D eigenvalue weighted by Crippen LogP contribution is 2.15. The van der Waals surface area contributed by atoms with Crippen LogP contribution in [0.3, 0.4) is 0 Å². The molecule has 1 aromatic carbocycles. The molecule has 0 radical (unpaired) electrons. The molecular weight excluding hydrogens is 276 g/mol. The minimum atomic E-state index is -0.147. The predicted molar refractivity (Wildman–Crippen MR) is 64.2 cm³/mol. The molecule has 5 heteroatoms. The molecule has 15 heavy (non-hydrogen) atoms. The van der Waals surface area contributed by atoms with E-state index in [-0.39, 0.29) is 5.91 Å². The van der Waals surface area contributed by atoms with Gasteiger partial charge in [-0.25, -0.2) is 4.98 Å². The zero-order valence-electron chi connectivity index (χ0n) is 7.61. The van der Waals surface area contributed by atoms with Crippen molar-refractivity contribution in [3.8, 4) is 0 Å². The number of benzene rings is 1. The van der Waals surface area contributed by atoms with Crippen LogP contribution in [-0.2, 0) is 0 Å². The summed E-state index contributed by atoms with van der Waals surface area (Å²) in [6.45, 7) is 0. The Hall–Kier alpha value is -1.20. The summed E-state index contributed by atoms with van der Waals surface area (Å²) in [6, 6.07) is 7.22. The van der Waals surface area contributed by atoms with Crippen LogP contribution in [-0.4, -0.2) is 10.9 Å². The molecule has 1 amide bonds. The maximum absolute atomic E-state index is 11.7. The van der Waals surface area contributed by atoms with Crippen LogP contribution in [0, 0.1) is 0 Å². The fourth-order valence-corrected chi connectivity index (χ4v) is 2.01. The van der Waals surface area contributed by atoms with Crippen molar-refractivity contribution in [2.45, 2.75) is 0 Å². The Balaban J connectivity index is 2.15. The largest absolute Gasteiger partial charge is 0.298 e. The van der Waals surface area contributed by atoms with Gasteiger partial charge in [0, 0.05) is 21.6 Å². The van der Waals surface area contributed by atoms with E-state index < -0.39 is 0 Å². The van der Waals surface area contributed by atoms with Gasteiger partial charge in [0.05, 0.1) is 0 Å². The van der Waals surface area contributed by atoms with Crippen LogP contribution in [0.1, 0.15) is 10.4 Å². The first-order chi connectivity index (χ1) is 7.25. The van der Waals surface area contributed by atoms with Gasteiger partial charge in [0.1, 0.15) is 0 Å². The summed E-state index contributed by atoms with van der Waals surface area (Å²) >= 11 is 4.71. The standard InChI is InChI=1S/C10H7BrN2OS/c11-8-3-1-2-7(6-8)9(14)13-10-12-4-5-15-10/h1-6H,(H,12,13,14). The maximum Gasteiger partial charge on any atom is 0.257 e. The molecule has 2 rings (SSSR count). The third kappa shape index (κ3) is 2.64. The summed E-state index contributed by atoms with van der Waals surface area (Å²) in [4.78, 5) is 15.7. The lowest BCUT2D eigenvalue weighted by atomic mass is 10.2. The lowest BCUT2D eigenvalue weighted by Crippen LogP contribution is -2.11. The van der Waals surface area contributed by atoms with E-state index in [4.69, 9.17) is 0 Å². The molecule has 0 spiro atoms. The predicted octanol–water partition coefficient (Wildman–Crippen LogP) is 3.16. The number of nitrogens with one attached hydrogen (secondary N) is 1. The Morgan fingerprint density at radius 3 is 3.00 bits per heavy atom. The number of carbonyl (C=O) groups excluding carboxylic acids is 1. The number of hydrogen-bond donors (Lipinski definition) is 1. The van der Waals surface area contributed by atoms with E-state index in [0.29, 0.717) is 10.7 Å². The van der Waals surface area contributed by atoms with Crippen molar-refractivity contribution in [2.75, 3.05) is 5.32 Å². The molecule has 0 unspecified atom stereocenters. The van der Waals surface area contributed by atoms with Crippen LogP contribution in [0.4, 0.5) is 5.13 Å². The van der Waals surface area contributed by atoms with Gasteiger partial charge in [-0.3, -0.25) is 10.1 Å². The van der Waals surface area contributed by atoms with Crippen LogP contribution in [0.15, 0.2) is 40.3 Å². The van der Waals surface area contributed by atoms with Gasteiger partial charge in [0.15, 0.2) is 5.13 Å². The van der Waals surface area contributed by atoms with Crippen LogP contribution in [0.25, 0.3) is 0 Å². The average Bonchev–Trinajstić information content (AvgIpc) is 2.70. The summed E-state index contributed by atoms with van der Waals surface area (Å²) in [5.41, 5.74) is 0.611. The second-order valence-corrected chi connectivity index (χ2v) is 4.61. The Labute approximate surface area is 99.3 Å². The Morgan fingerprint density at radius 1 is 1.47 bits per heavy atom. The van der Waals surface area contributed by atoms with Crippen LogP contribution >= 0.6 is 27.3 Å². The van der Waals surface area contributed by atoms with Crippen molar-refractivity contribution in [1.82, 2.24) is 4.98 Å². The van der Waals surface area contributed by atoms with E-state index in [0.717, 1.165) is 4.47 Å². The monoisotopic (exact) mass is 282 g/mol. The average molecular weight is 283 g/mol. The molecule has 0 saturated carbocycles. The summed E-state index contributed by atoms with van der Waals surface area (Å²) in [5, 5.41) is 5.14. The van der Waals surface area contributed by atoms with Crippen molar-refractivity contribution >= 4 is 38.3 Å². The summed E-state index contributed by atoms with van der Waals surface area (Å²) in [6.07, 6.45) is 1.65. The van der Waals surface area contributed by atoms with Crippen LogP contribution < -0.4 is 5.32 Å². The molecule has 2 aromatic rings. The van der Waals surface area contributed by atoms with E-state index in [1.807, 2.05) is 17.5 Å². The van der Waals surface area contributed by atoms with Crippen molar-refractivity contribution in [2.24, 2.45) is 0 Å². The van der Waals surface area contributed by atoms with E-state index in [2.05, 4.69) is 26.2 Å². The summed E-state index contributed by atoms with van der Waals surface area (Å²) < 4.78 is 0.884. The van der Waals surface area contributed by atoms with Gasteiger partial charge in [0.2, 0.25) is 0 Å². The van der Waals surface area contributed by atoms with Gasteiger partial charge in [-0.2, -0.15) is 0 Å². The molecule has 1 heterocycles. The number of aromatic nitrogens is 1. The van der Waals surface area contributed by atoms with E-state index in [1.54, 1.807) is 18.3 Å². The first-order valence-corrected chi connectivity index (χ1v) is 5.89. The van der Waals surface area contributed by atoms with Gasteiger partial charge in [-0.1, -0.05) is 22.0 Å². The highest BCUT2D eigenvalue weighted by Gasteiger charge is 2.06. The quantitative estimate of drug-likeness (QED) is 0.919. The highest BCUT2D eigenvalue weighted by atomic mass is 79.9. The van der Waals surface area contributed by atoms with Crippen LogP contribution in [0.5, 0.6) is 0 Å². The Bertz CT molecular complexity index is 470. The van der Waals surface area contributed by atoms with E-state index in [1.165, 1.54) is 11.3 Å². The number of rotatable bonds is 2. The number of thiazole rings is 1. The van der Waals surface area contributed by atoms with Gasteiger partial charge in [-0.05, 0) is 18.2 Å². The number of amides is 1. The molecule has 0 aliphatic rings. The van der Waals surface area contributed by atoms with Crippen molar-refractivity contribution in [1.29, 1.82) is 0 Å². The zero-order chi connectivity index (χ0) is 10.7. The topological polar surface area (TPSA) is 42.0 Å². The minimum Gasteiger partial charge on any atom is -0.298 e. The lowest BCUT2D eigenvalue weighted by Gasteiger charge is -2.01. The molecule has 1 aromatic heterocycles.